The van der Waals surface area contributed by atoms with Gasteiger partial charge in [-0.1, -0.05) is 17.3 Å². The number of nitrogens with one attached hydrogen (secondary N) is 1. The lowest BCUT2D eigenvalue weighted by Crippen LogP contribution is -2.49. The Balaban J connectivity index is 1.47. The Labute approximate surface area is 165 Å². The Hall–Kier alpha value is -2.62. The number of fused-ring (bicyclic) bond motifs is 2. The number of amides is 2. The minimum Gasteiger partial charge on any atom is -0.378 e. The van der Waals surface area contributed by atoms with Crippen LogP contribution in [0.4, 0.5) is 23.7 Å². The fourth-order valence-corrected chi connectivity index (χ4v) is 4.42. The third-order valence-electron chi connectivity index (χ3n) is 5.64. The second-order valence-electron chi connectivity index (χ2n) is 7.51. The van der Waals surface area contributed by atoms with E-state index >= 15 is 0 Å². The van der Waals surface area contributed by atoms with Crippen LogP contribution in [0.3, 0.4) is 0 Å². The minimum atomic E-state index is -4.52. The van der Waals surface area contributed by atoms with Crippen molar-refractivity contribution in [2.24, 2.45) is 0 Å². The smallest absolute Gasteiger partial charge is 0.378 e. The van der Waals surface area contributed by atoms with E-state index in [1.165, 1.54) is 18.2 Å². The first-order valence-corrected chi connectivity index (χ1v) is 9.52. The third kappa shape index (κ3) is 3.93. The summed E-state index contributed by atoms with van der Waals surface area (Å²) in [6.07, 6.45) is 0.372. The topological polar surface area (TPSA) is 72.3 Å². The summed E-state index contributed by atoms with van der Waals surface area (Å²) in [7, 11) is 1.59. The van der Waals surface area contributed by atoms with Crippen molar-refractivity contribution in [3.8, 4) is 0 Å². The van der Waals surface area contributed by atoms with Crippen LogP contribution in [0.2, 0.25) is 0 Å². The Morgan fingerprint density at radius 1 is 1.21 bits per heavy atom. The van der Waals surface area contributed by atoms with Gasteiger partial charge in [-0.25, -0.2) is 9.48 Å². The second kappa shape index (κ2) is 7.66. The van der Waals surface area contributed by atoms with Crippen molar-refractivity contribution in [3.63, 3.8) is 0 Å². The number of carbonyl (C=O) groups excluding carboxylic acids is 1. The highest BCUT2D eigenvalue weighted by molar-refractivity contribution is 5.91. The summed E-state index contributed by atoms with van der Waals surface area (Å²) in [5.41, 5.74) is -0.320. The number of hydrogen-bond acceptors (Lipinski definition) is 4. The maximum atomic E-state index is 13.2. The molecule has 2 amide bonds. The Morgan fingerprint density at radius 3 is 2.55 bits per heavy atom. The number of hydrogen-bond donors (Lipinski definition) is 1. The number of alkyl halides is 3. The Kier molecular flexibility index (Phi) is 5.20. The largest absolute Gasteiger partial charge is 0.418 e. The molecule has 156 valence electrons. The van der Waals surface area contributed by atoms with Gasteiger partial charge in [0.25, 0.3) is 0 Å². The molecule has 0 aliphatic carbocycles. The number of aromatic nitrogens is 3. The number of urea groups is 1. The summed E-state index contributed by atoms with van der Waals surface area (Å²) < 4.78 is 46.5. The van der Waals surface area contributed by atoms with Gasteiger partial charge in [-0.2, -0.15) is 13.2 Å². The zero-order chi connectivity index (χ0) is 20.6. The van der Waals surface area contributed by atoms with Crippen LogP contribution in [0.5, 0.6) is 0 Å². The number of para-hydroxylation sites is 1. The van der Waals surface area contributed by atoms with Gasteiger partial charge in [0.1, 0.15) is 5.69 Å². The number of piperidine rings is 1. The van der Waals surface area contributed by atoms with Gasteiger partial charge in [0.2, 0.25) is 0 Å². The SMILES string of the molecule is COCc1cn(C2CC3CCC(C2)N3C(=O)Nc2ccccc2C(F)(F)F)nn1. The Bertz CT molecular complexity index is 871. The standard InChI is InChI=1S/C19H22F3N5O2/c1-29-11-12-10-26(25-24-12)15-8-13-6-7-14(9-15)27(13)18(28)23-17-5-3-2-4-16(17)19(20,21)22/h2-5,10,13-15H,6-9,11H2,1H3,(H,23,28). The second-order valence-corrected chi connectivity index (χ2v) is 7.51. The van der Waals surface area contributed by atoms with Crippen molar-refractivity contribution < 1.29 is 22.7 Å². The van der Waals surface area contributed by atoms with E-state index < -0.39 is 17.8 Å². The summed E-state index contributed by atoms with van der Waals surface area (Å²) in [5, 5.41) is 10.7. The monoisotopic (exact) mass is 409 g/mol. The molecule has 2 aliphatic rings. The van der Waals surface area contributed by atoms with Crippen LogP contribution in [0, 0.1) is 0 Å². The highest BCUT2D eigenvalue weighted by Crippen LogP contribution is 2.41. The van der Waals surface area contributed by atoms with Crippen LogP contribution < -0.4 is 5.32 Å². The van der Waals surface area contributed by atoms with E-state index in [-0.39, 0.29) is 23.8 Å². The zero-order valence-electron chi connectivity index (χ0n) is 15.9. The molecule has 2 unspecified atom stereocenters. The van der Waals surface area contributed by atoms with E-state index in [0.717, 1.165) is 24.6 Å². The van der Waals surface area contributed by atoms with Gasteiger partial charge in [0.15, 0.2) is 0 Å². The molecule has 0 spiro atoms. The highest BCUT2D eigenvalue weighted by atomic mass is 19.4. The van der Waals surface area contributed by atoms with E-state index in [4.69, 9.17) is 4.74 Å². The van der Waals surface area contributed by atoms with Crippen molar-refractivity contribution >= 4 is 11.7 Å². The molecule has 2 bridgehead atoms. The number of anilines is 1. The molecule has 2 aliphatic heterocycles. The van der Waals surface area contributed by atoms with Gasteiger partial charge in [-0.05, 0) is 37.8 Å². The fourth-order valence-electron chi connectivity index (χ4n) is 4.42. The molecule has 1 aromatic carbocycles. The Morgan fingerprint density at radius 2 is 1.90 bits per heavy atom. The lowest BCUT2D eigenvalue weighted by Gasteiger charge is -2.38. The number of benzene rings is 1. The van der Waals surface area contributed by atoms with Gasteiger partial charge in [-0.15, -0.1) is 5.10 Å². The average molecular weight is 409 g/mol. The molecule has 0 radical (unpaired) electrons. The van der Waals surface area contributed by atoms with E-state index in [9.17, 15) is 18.0 Å². The van der Waals surface area contributed by atoms with Gasteiger partial charge >= 0.3 is 12.2 Å². The van der Waals surface area contributed by atoms with E-state index in [1.807, 2.05) is 10.9 Å². The van der Waals surface area contributed by atoms with E-state index in [0.29, 0.717) is 19.4 Å². The van der Waals surface area contributed by atoms with Crippen molar-refractivity contribution in [2.75, 3.05) is 12.4 Å². The minimum absolute atomic E-state index is 0.0353. The average Bonchev–Trinajstić information content (AvgIpc) is 3.24. The van der Waals surface area contributed by atoms with E-state index in [2.05, 4.69) is 15.6 Å². The number of halogens is 3. The molecule has 1 N–H and O–H groups in total. The van der Waals surface area contributed by atoms with Crippen molar-refractivity contribution in [1.29, 1.82) is 0 Å². The number of ether oxygens (including phenoxy) is 1. The van der Waals surface area contributed by atoms with Crippen LogP contribution in [0.15, 0.2) is 30.5 Å². The third-order valence-corrected chi connectivity index (χ3v) is 5.64. The van der Waals surface area contributed by atoms with Crippen LogP contribution in [-0.4, -0.2) is 45.1 Å². The van der Waals surface area contributed by atoms with Crippen LogP contribution in [0.25, 0.3) is 0 Å². The number of carbonyl (C=O) groups is 1. The summed E-state index contributed by atoms with van der Waals surface area (Å²) in [5.74, 6) is 0. The molecule has 2 aromatic rings. The fraction of sp³-hybridized carbons (Fsp3) is 0.526. The van der Waals surface area contributed by atoms with Gasteiger partial charge in [-0.3, -0.25) is 0 Å². The predicted octanol–water partition coefficient (Wildman–Crippen LogP) is 3.84. The van der Waals surface area contributed by atoms with Crippen LogP contribution in [-0.2, 0) is 17.5 Å². The normalized spacial score (nSPS) is 24.0. The lowest BCUT2D eigenvalue weighted by molar-refractivity contribution is -0.136. The van der Waals surface area contributed by atoms with Crippen LogP contribution >= 0.6 is 0 Å². The first-order valence-electron chi connectivity index (χ1n) is 9.52. The molecular formula is C19H22F3N5O2. The molecule has 2 saturated heterocycles. The molecule has 3 heterocycles. The molecule has 1 aromatic heterocycles. The summed E-state index contributed by atoms with van der Waals surface area (Å²) in [4.78, 5) is 14.5. The van der Waals surface area contributed by atoms with Crippen molar-refractivity contribution in [1.82, 2.24) is 19.9 Å². The molecule has 2 atom stereocenters. The molecule has 10 heteroatoms. The predicted molar refractivity (Wildman–Crippen MR) is 98.1 cm³/mol. The molecule has 0 saturated carbocycles. The zero-order valence-corrected chi connectivity index (χ0v) is 15.9. The molecule has 4 rings (SSSR count). The first kappa shape index (κ1) is 19.7. The number of nitrogens with zero attached hydrogens (tertiary/aromatic N) is 4. The van der Waals surface area contributed by atoms with Crippen molar-refractivity contribution in [2.45, 2.75) is 56.6 Å². The first-order chi connectivity index (χ1) is 13.9. The number of rotatable bonds is 4. The quantitative estimate of drug-likeness (QED) is 0.833. The van der Waals surface area contributed by atoms with Crippen LogP contribution in [0.1, 0.15) is 43.0 Å². The maximum absolute atomic E-state index is 13.2. The maximum Gasteiger partial charge on any atom is 0.418 e. The van der Waals surface area contributed by atoms with Gasteiger partial charge in [0.05, 0.1) is 30.1 Å². The lowest BCUT2D eigenvalue weighted by atomic mass is 9.98. The summed E-state index contributed by atoms with van der Waals surface area (Å²) >= 11 is 0. The summed E-state index contributed by atoms with van der Waals surface area (Å²) in [6.45, 7) is 0.382. The highest BCUT2D eigenvalue weighted by Gasteiger charge is 2.44. The van der Waals surface area contributed by atoms with Crippen molar-refractivity contribution in [3.05, 3.63) is 41.7 Å². The number of methoxy groups -OCH3 is 1. The van der Waals surface area contributed by atoms with E-state index in [1.54, 1.807) is 12.0 Å². The molecule has 7 nitrogen and oxygen atoms in total. The molecule has 2 fully saturated rings. The van der Waals surface area contributed by atoms with Gasteiger partial charge < -0.3 is 15.0 Å². The van der Waals surface area contributed by atoms with Gasteiger partial charge in [0, 0.05) is 19.2 Å². The summed E-state index contributed by atoms with van der Waals surface area (Å²) in [6, 6.07) is 4.60. The molecular weight excluding hydrogens is 387 g/mol. The molecule has 29 heavy (non-hydrogen) atoms.